The highest BCUT2D eigenvalue weighted by molar-refractivity contribution is 5.90. The summed E-state index contributed by atoms with van der Waals surface area (Å²) in [5.74, 6) is -0.132. The molecule has 0 spiro atoms. The minimum Gasteiger partial charge on any atom is -0.364 e. The van der Waals surface area contributed by atoms with Crippen molar-refractivity contribution in [2.75, 3.05) is 13.1 Å². The van der Waals surface area contributed by atoms with Gasteiger partial charge in [-0.2, -0.15) is 5.10 Å². The van der Waals surface area contributed by atoms with Crippen LogP contribution in [0.3, 0.4) is 0 Å². The Morgan fingerprint density at radius 2 is 2.41 bits per heavy atom. The number of rotatable bonds is 4. The molecule has 0 aliphatic carbocycles. The van der Waals surface area contributed by atoms with Crippen molar-refractivity contribution in [1.82, 2.24) is 20.1 Å². The lowest BCUT2D eigenvalue weighted by molar-refractivity contribution is 0.0995. The Morgan fingerprint density at radius 3 is 3.09 bits per heavy atom. The van der Waals surface area contributed by atoms with Gasteiger partial charge in [0.05, 0.1) is 0 Å². The zero-order valence-electron chi connectivity index (χ0n) is 12.7. The van der Waals surface area contributed by atoms with Crippen molar-refractivity contribution in [2.45, 2.75) is 31.7 Å². The Labute approximate surface area is 129 Å². The second kappa shape index (κ2) is 6.27. The highest BCUT2D eigenvalue weighted by atomic mass is 16.1. The maximum Gasteiger partial charge on any atom is 0.269 e. The quantitative estimate of drug-likeness (QED) is 0.901. The third-order valence-corrected chi connectivity index (χ3v) is 4.46. The molecule has 0 aromatic carbocycles. The summed E-state index contributed by atoms with van der Waals surface area (Å²) in [6, 6.07) is 6.20. The van der Waals surface area contributed by atoms with Crippen LogP contribution in [0.4, 0.5) is 0 Å². The van der Waals surface area contributed by atoms with Gasteiger partial charge in [0.2, 0.25) is 0 Å². The summed E-state index contributed by atoms with van der Waals surface area (Å²) in [5, 5.41) is 6.96. The lowest BCUT2D eigenvalue weighted by Crippen LogP contribution is -2.36. The lowest BCUT2D eigenvalue weighted by atomic mass is 9.93. The SMILES string of the molecule is CC(c1cccnc1)N1CCCC(c2cc(C(N)=O)n[nH]2)C1. The van der Waals surface area contributed by atoms with Crippen molar-refractivity contribution in [1.29, 1.82) is 0 Å². The molecule has 2 atom stereocenters. The van der Waals surface area contributed by atoms with E-state index in [1.165, 1.54) is 5.56 Å². The van der Waals surface area contributed by atoms with Gasteiger partial charge in [0.15, 0.2) is 0 Å². The Kier molecular flexibility index (Phi) is 4.20. The van der Waals surface area contributed by atoms with E-state index in [9.17, 15) is 4.79 Å². The van der Waals surface area contributed by atoms with Gasteiger partial charge < -0.3 is 5.73 Å². The molecule has 1 amide bonds. The third kappa shape index (κ3) is 3.01. The number of carbonyl (C=O) groups excluding carboxylic acids is 1. The van der Waals surface area contributed by atoms with Crippen molar-refractivity contribution in [3.05, 3.63) is 47.5 Å². The van der Waals surface area contributed by atoms with E-state index in [-0.39, 0.29) is 0 Å². The topological polar surface area (TPSA) is 87.9 Å². The molecule has 1 aliphatic rings. The van der Waals surface area contributed by atoms with Crippen LogP contribution in [0.1, 0.15) is 53.5 Å². The Balaban J connectivity index is 1.72. The molecule has 3 heterocycles. The normalized spacial score (nSPS) is 20.7. The van der Waals surface area contributed by atoms with Crippen LogP contribution in [-0.2, 0) is 0 Å². The van der Waals surface area contributed by atoms with Gasteiger partial charge in [-0.3, -0.25) is 19.8 Å². The molecule has 1 aliphatic heterocycles. The standard InChI is InChI=1S/C16H21N5O/c1-11(12-4-2-6-18-9-12)21-7-3-5-13(10-21)14-8-15(16(17)22)20-19-14/h2,4,6,8-9,11,13H,3,5,7,10H2,1H3,(H2,17,22)(H,19,20). The Hall–Kier alpha value is -2.21. The molecule has 3 N–H and O–H groups in total. The van der Waals surface area contributed by atoms with Crippen molar-refractivity contribution in [3.8, 4) is 0 Å². The predicted octanol–water partition coefficient (Wildman–Crippen LogP) is 1.84. The number of nitrogens with two attached hydrogens (primary N) is 1. The molecule has 6 nitrogen and oxygen atoms in total. The largest absolute Gasteiger partial charge is 0.364 e. The van der Waals surface area contributed by atoms with Crippen LogP contribution in [0.2, 0.25) is 0 Å². The van der Waals surface area contributed by atoms with E-state index in [2.05, 4.69) is 33.1 Å². The van der Waals surface area contributed by atoms with Gasteiger partial charge in [0, 0.05) is 36.6 Å². The highest BCUT2D eigenvalue weighted by Crippen LogP contribution is 2.31. The number of nitrogens with one attached hydrogen (secondary N) is 1. The number of primary amides is 1. The van der Waals surface area contributed by atoms with Crippen LogP contribution in [0.25, 0.3) is 0 Å². The van der Waals surface area contributed by atoms with Gasteiger partial charge in [-0.25, -0.2) is 0 Å². The van der Waals surface area contributed by atoms with Crippen LogP contribution in [-0.4, -0.2) is 39.1 Å². The molecular formula is C16H21N5O. The third-order valence-electron chi connectivity index (χ3n) is 4.46. The average Bonchev–Trinajstić information content (AvgIpc) is 3.05. The number of hydrogen-bond donors (Lipinski definition) is 2. The van der Waals surface area contributed by atoms with Crippen LogP contribution < -0.4 is 5.73 Å². The first-order valence-electron chi connectivity index (χ1n) is 7.64. The zero-order valence-corrected chi connectivity index (χ0v) is 12.7. The number of piperidine rings is 1. The summed E-state index contributed by atoms with van der Waals surface area (Å²) in [5.41, 5.74) is 7.81. The van der Waals surface area contributed by atoms with E-state index in [4.69, 9.17) is 5.73 Å². The number of carbonyl (C=O) groups is 1. The monoisotopic (exact) mass is 299 g/mol. The van der Waals surface area contributed by atoms with Gasteiger partial charge in [0.1, 0.15) is 5.69 Å². The molecule has 22 heavy (non-hydrogen) atoms. The second-order valence-electron chi connectivity index (χ2n) is 5.87. The second-order valence-corrected chi connectivity index (χ2v) is 5.87. The summed E-state index contributed by atoms with van der Waals surface area (Å²) in [7, 11) is 0. The average molecular weight is 299 g/mol. The minimum absolute atomic E-state index is 0.312. The molecule has 6 heteroatoms. The van der Waals surface area contributed by atoms with Gasteiger partial charge in [0.25, 0.3) is 5.91 Å². The molecule has 2 aromatic rings. The number of pyridine rings is 1. The van der Waals surface area contributed by atoms with E-state index < -0.39 is 5.91 Å². The first-order valence-corrected chi connectivity index (χ1v) is 7.64. The smallest absolute Gasteiger partial charge is 0.269 e. The predicted molar refractivity (Wildman–Crippen MR) is 83.3 cm³/mol. The number of H-pyrrole nitrogens is 1. The molecule has 0 radical (unpaired) electrons. The summed E-state index contributed by atoms with van der Waals surface area (Å²) in [4.78, 5) is 17.8. The molecule has 2 aromatic heterocycles. The summed E-state index contributed by atoms with van der Waals surface area (Å²) in [6.45, 7) is 4.22. The maximum atomic E-state index is 11.2. The van der Waals surface area contributed by atoms with Crippen molar-refractivity contribution >= 4 is 5.91 Å². The molecular weight excluding hydrogens is 278 g/mol. The molecule has 0 saturated carbocycles. The van der Waals surface area contributed by atoms with Gasteiger partial charge in [-0.05, 0) is 44.0 Å². The lowest BCUT2D eigenvalue weighted by Gasteiger charge is -2.36. The number of amides is 1. The first kappa shape index (κ1) is 14.7. The molecule has 0 bridgehead atoms. The van der Waals surface area contributed by atoms with E-state index in [1.807, 2.05) is 12.3 Å². The molecule has 2 unspecified atom stereocenters. The Bertz CT molecular complexity index is 639. The number of nitrogens with zero attached hydrogens (tertiary/aromatic N) is 3. The number of aromatic amines is 1. The summed E-state index contributed by atoms with van der Waals surface area (Å²) < 4.78 is 0. The maximum absolute atomic E-state index is 11.2. The van der Waals surface area contributed by atoms with Crippen LogP contribution in [0.15, 0.2) is 30.6 Å². The van der Waals surface area contributed by atoms with Crippen molar-refractivity contribution in [2.24, 2.45) is 5.73 Å². The minimum atomic E-state index is -0.487. The fourth-order valence-corrected chi connectivity index (χ4v) is 3.12. The van der Waals surface area contributed by atoms with Gasteiger partial charge in [-0.1, -0.05) is 6.07 Å². The summed E-state index contributed by atoms with van der Waals surface area (Å²) >= 11 is 0. The summed E-state index contributed by atoms with van der Waals surface area (Å²) in [6.07, 6.45) is 5.94. The van der Waals surface area contributed by atoms with Crippen molar-refractivity contribution in [3.63, 3.8) is 0 Å². The Morgan fingerprint density at radius 1 is 1.55 bits per heavy atom. The van der Waals surface area contributed by atoms with Gasteiger partial charge >= 0.3 is 0 Å². The first-order chi connectivity index (χ1) is 10.6. The van der Waals surface area contributed by atoms with E-state index >= 15 is 0 Å². The molecule has 116 valence electrons. The van der Waals surface area contributed by atoms with E-state index in [0.29, 0.717) is 17.7 Å². The number of likely N-dealkylation sites (tertiary alicyclic amines) is 1. The van der Waals surface area contributed by atoms with Crippen LogP contribution in [0, 0.1) is 0 Å². The fourth-order valence-electron chi connectivity index (χ4n) is 3.12. The molecule has 1 fully saturated rings. The zero-order chi connectivity index (χ0) is 15.5. The van der Waals surface area contributed by atoms with Gasteiger partial charge in [-0.15, -0.1) is 0 Å². The number of aromatic nitrogens is 3. The molecule has 1 saturated heterocycles. The fraction of sp³-hybridized carbons (Fsp3) is 0.438. The van der Waals surface area contributed by atoms with E-state index in [0.717, 1.165) is 31.6 Å². The highest BCUT2D eigenvalue weighted by Gasteiger charge is 2.26. The van der Waals surface area contributed by atoms with Crippen LogP contribution in [0.5, 0.6) is 0 Å². The van der Waals surface area contributed by atoms with Crippen LogP contribution >= 0.6 is 0 Å². The van der Waals surface area contributed by atoms with Crippen molar-refractivity contribution < 1.29 is 4.79 Å². The van der Waals surface area contributed by atoms with E-state index in [1.54, 1.807) is 12.3 Å². The number of hydrogen-bond acceptors (Lipinski definition) is 4. The molecule has 3 rings (SSSR count).